The van der Waals surface area contributed by atoms with E-state index in [2.05, 4.69) is 27.9 Å². The van der Waals surface area contributed by atoms with Crippen LogP contribution in [0.25, 0.3) is 0 Å². The molecule has 28 heavy (non-hydrogen) atoms. The topological polar surface area (TPSA) is 74.8 Å². The van der Waals surface area contributed by atoms with E-state index in [0.717, 1.165) is 43.4 Å². The van der Waals surface area contributed by atoms with E-state index in [-0.39, 0.29) is 29.9 Å². The highest BCUT2D eigenvalue weighted by Gasteiger charge is 2.13. The van der Waals surface area contributed by atoms with Crippen LogP contribution in [0.5, 0.6) is 0 Å². The highest BCUT2D eigenvalue weighted by Crippen LogP contribution is 2.20. The number of hydrogen-bond donors (Lipinski definition) is 3. The van der Waals surface area contributed by atoms with Crippen LogP contribution >= 0.6 is 35.3 Å². The van der Waals surface area contributed by atoms with Crippen molar-refractivity contribution in [2.24, 2.45) is 4.99 Å². The number of nitrogens with zero attached hydrogens (tertiary/aromatic N) is 1. The molecule has 0 aliphatic heterocycles. The molecule has 2 rings (SSSR count). The molecule has 6 nitrogen and oxygen atoms in total. The van der Waals surface area contributed by atoms with E-state index in [1.54, 1.807) is 0 Å². The predicted molar refractivity (Wildman–Crippen MR) is 128 cm³/mol. The molecular formula is C20H35IN4O2S. The lowest BCUT2D eigenvalue weighted by Crippen LogP contribution is -2.38. The van der Waals surface area contributed by atoms with Crippen molar-refractivity contribution in [3.63, 3.8) is 0 Å². The molecule has 0 bridgehead atoms. The maximum Gasteiger partial charge on any atom is 0.261 e. The Morgan fingerprint density at radius 1 is 1.18 bits per heavy atom. The highest BCUT2D eigenvalue weighted by molar-refractivity contribution is 14.0. The van der Waals surface area contributed by atoms with Crippen LogP contribution in [0, 0.1) is 0 Å². The Morgan fingerprint density at radius 2 is 1.96 bits per heavy atom. The molecule has 1 amide bonds. The third-order valence-electron chi connectivity index (χ3n) is 4.50. The van der Waals surface area contributed by atoms with Gasteiger partial charge in [0.15, 0.2) is 5.96 Å². The zero-order valence-corrected chi connectivity index (χ0v) is 20.0. The van der Waals surface area contributed by atoms with Gasteiger partial charge in [-0.2, -0.15) is 0 Å². The van der Waals surface area contributed by atoms with Crippen molar-refractivity contribution < 1.29 is 9.53 Å². The van der Waals surface area contributed by atoms with Crippen molar-refractivity contribution >= 4 is 47.2 Å². The minimum Gasteiger partial charge on any atom is -0.378 e. The van der Waals surface area contributed by atoms with E-state index in [4.69, 9.17) is 4.74 Å². The monoisotopic (exact) mass is 522 g/mol. The Hall–Kier alpha value is -0.870. The lowest BCUT2D eigenvalue weighted by Gasteiger charge is -2.22. The number of rotatable bonds is 11. The molecule has 1 aromatic heterocycles. The highest BCUT2D eigenvalue weighted by atomic mass is 127. The van der Waals surface area contributed by atoms with Gasteiger partial charge < -0.3 is 20.7 Å². The van der Waals surface area contributed by atoms with E-state index < -0.39 is 0 Å². The minimum atomic E-state index is -0.00280. The Kier molecular flexibility index (Phi) is 14.4. The van der Waals surface area contributed by atoms with Crippen molar-refractivity contribution in [3.05, 3.63) is 22.4 Å². The zero-order valence-electron chi connectivity index (χ0n) is 16.9. The van der Waals surface area contributed by atoms with E-state index in [1.807, 2.05) is 17.5 Å². The van der Waals surface area contributed by atoms with Crippen LogP contribution in [0.3, 0.4) is 0 Å². The summed E-state index contributed by atoms with van der Waals surface area (Å²) < 4.78 is 5.95. The van der Waals surface area contributed by atoms with Gasteiger partial charge in [-0.05, 0) is 44.1 Å². The van der Waals surface area contributed by atoms with Crippen LogP contribution in [0.1, 0.15) is 61.5 Å². The zero-order chi connectivity index (χ0) is 19.2. The van der Waals surface area contributed by atoms with Gasteiger partial charge in [0.25, 0.3) is 5.91 Å². The van der Waals surface area contributed by atoms with Gasteiger partial charge in [-0.15, -0.1) is 35.3 Å². The molecule has 0 saturated heterocycles. The summed E-state index contributed by atoms with van der Waals surface area (Å²) in [4.78, 5) is 17.2. The fourth-order valence-corrected chi connectivity index (χ4v) is 3.71. The summed E-state index contributed by atoms with van der Waals surface area (Å²) >= 11 is 1.46. The molecule has 0 radical (unpaired) electrons. The van der Waals surface area contributed by atoms with E-state index in [9.17, 15) is 4.79 Å². The first-order chi connectivity index (χ1) is 13.3. The first kappa shape index (κ1) is 25.2. The third-order valence-corrected chi connectivity index (χ3v) is 5.37. The molecule has 1 saturated carbocycles. The number of amides is 1. The third kappa shape index (κ3) is 10.6. The van der Waals surface area contributed by atoms with Gasteiger partial charge in [0.1, 0.15) is 0 Å². The number of thiophene rings is 1. The van der Waals surface area contributed by atoms with E-state index >= 15 is 0 Å². The molecular weight excluding hydrogens is 487 g/mol. The van der Waals surface area contributed by atoms with Crippen molar-refractivity contribution in [3.8, 4) is 0 Å². The molecule has 1 aliphatic rings. The first-order valence-corrected chi connectivity index (χ1v) is 11.1. The molecule has 1 heterocycles. The molecule has 0 atom stereocenters. The quantitative estimate of drug-likeness (QED) is 0.179. The van der Waals surface area contributed by atoms with Gasteiger partial charge in [0.05, 0.1) is 11.0 Å². The molecule has 0 aromatic carbocycles. The van der Waals surface area contributed by atoms with E-state index in [0.29, 0.717) is 19.2 Å². The lowest BCUT2D eigenvalue weighted by atomic mass is 9.98. The van der Waals surface area contributed by atoms with Crippen molar-refractivity contribution in [2.75, 3.05) is 32.8 Å². The van der Waals surface area contributed by atoms with Gasteiger partial charge in [0, 0.05) is 32.8 Å². The molecule has 0 spiro atoms. The first-order valence-electron chi connectivity index (χ1n) is 10.2. The number of ether oxygens (including phenoxy) is 1. The van der Waals surface area contributed by atoms with Crippen LogP contribution in [-0.2, 0) is 4.74 Å². The number of nitrogens with one attached hydrogen (secondary N) is 3. The van der Waals surface area contributed by atoms with Crippen LogP contribution in [0.4, 0.5) is 0 Å². The van der Waals surface area contributed by atoms with Crippen LogP contribution in [0.2, 0.25) is 0 Å². The van der Waals surface area contributed by atoms with E-state index in [1.165, 1.54) is 43.4 Å². The number of carbonyl (C=O) groups is 1. The second-order valence-electron chi connectivity index (χ2n) is 6.76. The van der Waals surface area contributed by atoms with Crippen molar-refractivity contribution in [1.82, 2.24) is 16.0 Å². The Balaban J connectivity index is 0.00000392. The maximum absolute atomic E-state index is 11.8. The summed E-state index contributed by atoms with van der Waals surface area (Å²) in [6, 6.07) is 3.72. The number of guanidine groups is 1. The largest absolute Gasteiger partial charge is 0.378 e. The summed E-state index contributed by atoms with van der Waals surface area (Å²) in [5.41, 5.74) is 0. The van der Waals surface area contributed by atoms with Gasteiger partial charge in [-0.25, -0.2) is 0 Å². The fourth-order valence-electron chi connectivity index (χ4n) is 3.07. The Bertz CT molecular complexity index is 548. The molecule has 3 N–H and O–H groups in total. The molecule has 1 aromatic rings. The SMILES string of the molecule is CCNC(=NCCCNC(=O)c1cccs1)NCCCOC1CCCCC1.I. The summed E-state index contributed by atoms with van der Waals surface area (Å²) in [7, 11) is 0. The number of halogens is 1. The summed E-state index contributed by atoms with van der Waals surface area (Å²) in [6.07, 6.45) is 8.71. The molecule has 0 unspecified atom stereocenters. The lowest BCUT2D eigenvalue weighted by molar-refractivity contribution is 0.0277. The Labute approximate surface area is 190 Å². The van der Waals surface area contributed by atoms with Gasteiger partial charge in [0.2, 0.25) is 0 Å². The fraction of sp³-hybridized carbons (Fsp3) is 0.700. The average Bonchev–Trinajstić information content (AvgIpc) is 3.23. The normalized spacial score (nSPS) is 15.0. The second-order valence-corrected chi connectivity index (χ2v) is 7.71. The van der Waals surface area contributed by atoms with Gasteiger partial charge >= 0.3 is 0 Å². The smallest absolute Gasteiger partial charge is 0.261 e. The Morgan fingerprint density at radius 3 is 2.68 bits per heavy atom. The molecule has 1 aliphatic carbocycles. The van der Waals surface area contributed by atoms with Crippen LogP contribution in [0.15, 0.2) is 22.5 Å². The maximum atomic E-state index is 11.8. The number of carbonyl (C=O) groups excluding carboxylic acids is 1. The van der Waals surface area contributed by atoms with Gasteiger partial charge in [-0.3, -0.25) is 9.79 Å². The summed E-state index contributed by atoms with van der Waals surface area (Å²) in [5.74, 6) is 0.830. The minimum absolute atomic E-state index is 0. The van der Waals surface area contributed by atoms with Crippen LogP contribution < -0.4 is 16.0 Å². The second kappa shape index (κ2) is 16.0. The standard InChI is InChI=1S/C20H34N4O2S.HI/c1-2-21-20(24-14-8-15-26-17-9-4-3-5-10-17)23-13-7-12-22-19(25)18-11-6-16-27-18;/h6,11,16-17H,2-5,7-10,12-15H2,1H3,(H,22,25)(H2,21,23,24);1H. The number of hydrogen-bond acceptors (Lipinski definition) is 4. The summed E-state index contributed by atoms with van der Waals surface area (Å²) in [5, 5.41) is 11.4. The average molecular weight is 522 g/mol. The number of aliphatic imine (C=N–C) groups is 1. The molecule has 160 valence electrons. The van der Waals surface area contributed by atoms with Crippen LogP contribution in [-0.4, -0.2) is 50.8 Å². The predicted octanol–water partition coefficient (Wildman–Crippen LogP) is 3.78. The molecule has 8 heteroatoms. The molecule has 1 fully saturated rings. The van der Waals surface area contributed by atoms with Crippen molar-refractivity contribution in [2.45, 2.75) is 58.0 Å². The van der Waals surface area contributed by atoms with Gasteiger partial charge in [-0.1, -0.05) is 25.3 Å². The summed E-state index contributed by atoms with van der Waals surface area (Å²) in [6.45, 7) is 5.87. The van der Waals surface area contributed by atoms with Crippen molar-refractivity contribution in [1.29, 1.82) is 0 Å².